The molecule has 0 aromatic carbocycles. The number of hydrogen-bond acceptors (Lipinski definition) is 3. The maximum Gasteiger partial charge on any atom is 0.109 e. The molecule has 0 saturated carbocycles. The second-order valence-electron chi connectivity index (χ2n) is 5.75. The van der Waals surface area contributed by atoms with Gasteiger partial charge in [-0.25, -0.2) is 4.98 Å². The fourth-order valence-electron chi connectivity index (χ4n) is 3.11. The van der Waals surface area contributed by atoms with Crippen molar-refractivity contribution in [3.8, 4) is 0 Å². The maximum absolute atomic E-state index is 5.99. The Balaban J connectivity index is 1.56. The summed E-state index contributed by atoms with van der Waals surface area (Å²) in [4.78, 5) is 7.33. The molecule has 1 aromatic heterocycles. The highest BCUT2D eigenvalue weighted by Crippen LogP contribution is 2.15. The molecule has 0 bridgehead atoms. The molecule has 3 heterocycles. The molecule has 100 valence electrons. The summed E-state index contributed by atoms with van der Waals surface area (Å²) in [5.74, 6) is 1.24. The third kappa shape index (κ3) is 2.75. The van der Waals surface area contributed by atoms with Crippen LogP contribution in [0.15, 0.2) is 6.20 Å². The second-order valence-corrected chi connectivity index (χ2v) is 5.75. The highest BCUT2D eigenvalue weighted by molar-refractivity contribution is 5.08. The molecule has 1 saturated heterocycles. The van der Waals surface area contributed by atoms with Crippen molar-refractivity contribution in [3.05, 3.63) is 17.7 Å². The van der Waals surface area contributed by atoms with Crippen molar-refractivity contribution in [1.29, 1.82) is 0 Å². The van der Waals surface area contributed by atoms with Crippen molar-refractivity contribution in [2.75, 3.05) is 19.6 Å². The minimum Gasteiger partial charge on any atom is -0.333 e. The van der Waals surface area contributed by atoms with Crippen LogP contribution >= 0.6 is 0 Å². The zero-order valence-corrected chi connectivity index (χ0v) is 11.1. The zero-order valence-electron chi connectivity index (χ0n) is 11.1. The number of nitrogens with zero attached hydrogens (tertiary/aromatic N) is 3. The van der Waals surface area contributed by atoms with Crippen molar-refractivity contribution in [2.24, 2.45) is 5.73 Å². The van der Waals surface area contributed by atoms with E-state index in [0.717, 1.165) is 25.8 Å². The van der Waals surface area contributed by atoms with Crippen LogP contribution in [0.4, 0.5) is 0 Å². The summed E-state index contributed by atoms with van der Waals surface area (Å²) in [5.41, 5.74) is 7.25. The van der Waals surface area contributed by atoms with E-state index < -0.39 is 0 Å². The number of likely N-dealkylation sites (tertiary alicyclic amines) is 1. The first-order chi connectivity index (χ1) is 8.81. The van der Waals surface area contributed by atoms with Crippen LogP contribution in [0.5, 0.6) is 0 Å². The summed E-state index contributed by atoms with van der Waals surface area (Å²) in [5, 5.41) is 0. The summed E-state index contributed by atoms with van der Waals surface area (Å²) in [6.07, 6.45) is 9.59. The van der Waals surface area contributed by atoms with Crippen LogP contribution in [0.3, 0.4) is 0 Å². The fourth-order valence-corrected chi connectivity index (χ4v) is 3.11. The largest absolute Gasteiger partial charge is 0.333 e. The first-order valence-electron chi connectivity index (χ1n) is 7.34. The Morgan fingerprint density at radius 2 is 2.11 bits per heavy atom. The standard InChI is InChI=1S/C14H24N4/c15-12-4-5-14-16-13(11-18(14)10-12)6-9-17-7-2-1-3-8-17/h11-12H,1-10,15H2. The fraction of sp³-hybridized carbons (Fsp3) is 0.786. The van der Waals surface area contributed by atoms with Gasteiger partial charge in [0.15, 0.2) is 0 Å². The molecule has 3 rings (SSSR count). The maximum atomic E-state index is 5.99. The summed E-state index contributed by atoms with van der Waals surface area (Å²) >= 11 is 0. The Morgan fingerprint density at radius 1 is 1.28 bits per heavy atom. The van der Waals surface area contributed by atoms with Gasteiger partial charge in [-0.2, -0.15) is 0 Å². The number of aromatic nitrogens is 2. The summed E-state index contributed by atoms with van der Waals surface area (Å²) in [6, 6.07) is 0.321. The molecule has 1 aromatic rings. The van der Waals surface area contributed by atoms with E-state index in [0.29, 0.717) is 6.04 Å². The van der Waals surface area contributed by atoms with Gasteiger partial charge in [0.1, 0.15) is 5.82 Å². The van der Waals surface area contributed by atoms with E-state index in [1.807, 2.05) is 0 Å². The molecule has 1 atom stereocenters. The second kappa shape index (κ2) is 5.41. The van der Waals surface area contributed by atoms with Gasteiger partial charge in [0.25, 0.3) is 0 Å². The Morgan fingerprint density at radius 3 is 2.94 bits per heavy atom. The van der Waals surface area contributed by atoms with Gasteiger partial charge in [0, 0.05) is 38.2 Å². The lowest BCUT2D eigenvalue weighted by Crippen LogP contribution is -2.31. The Bertz CT molecular complexity index is 392. The van der Waals surface area contributed by atoms with Gasteiger partial charge >= 0.3 is 0 Å². The van der Waals surface area contributed by atoms with Crippen molar-refractivity contribution in [1.82, 2.24) is 14.5 Å². The highest BCUT2D eigenvalue weighted by atomic mass is 15.1. The number of aryl methyl sites for hydroxylation is 1. The average molecular weight is 248 g/mol. The summed E-state index contributed by atoms with van der Waals surface area (Å²) in [7, 11) is 0. The molecule has 1 unspecified atom stereocenters. The van der Waals surface area contributed by atoms with E-state index in [1.165, 1.54) is 50.4 Å². The molecule has 0 radical (unpaired) electrons. The quantitative estimate of drug-likeness (QED) is 0.874. The predicted molar refractivity (Wildman–Crippen MR) is 72.5 cm³/mol. The van der Waals surface area contributed by atoms with Crippen LogP contribution < -0.4 is 5.73 Å². The van der Waals surface area contributed by atoms with Crippen LogP contribution in [0.2, 0.25) is 0 Å². The highest BCUT2D eigenvalue weighted by Gasteiger charge is 2.18. The third-order valence-electron chi connectivity index (χ3n) is 4.21. The Hall–Kier alpha value is -0.870. The lowest BCUT2D eigenvalue weighted by molar-refractivity contribution is 0.231. The first-order valence-corrected chi connectivity index (χ1v) is 7.34. The minimum absolute atomic E-state index is 0.321. The topological polar surface area (TPSA) is 47.1 Å². The van der Waals surface area contributed by atoms with E-state index in [2.05, 4.69) is 15.7 Å². The van der Waals surface area contributed by atoms with Crippen molar-refractivity contribution in [2.45, 2.75) is 51.1 Å². The van der Waals surface area contributed by atoms with Gasteiger partial charge in [-0.3, -0.25) is 0 Å². The van der Waals surface area contributed by atoms with E-state index in [1.54, 1.807) is 0 Å². The van der Waals surface area contributed by atoms with E-state index in [4.69, 9.17) is 10.7 Å². The van der Waals surface area contributed by atoms with E-state index >= 15 is 0 Å². The lowest BCUT2D eigenvalue weighted by Gasteiger charge is -2.25. The number of hydrogen-bond donors (Lipinski definition) is 1. The number of rotatable bonds is 3. The summed E-state index contributed by atoms with van der Waals surface area (Å²) < 4.78 is 2.26. The molecule has 0 spiro atoms. The monoisotopic (exact) mass is 248 g/mol. The molecule has 2 aliphatic heterocycles. The molecular formula is C14H24N4. The van der Waals surface area contributed by atoms with Crippen LogP contribution in [0, 0.1) is 0 Å². The molecule has 0 amide bonds. The molecular weight excluding hydrogens is 224 g/mol. The van der Waals surface area contributed by atoms with Crippen molar-refractivity contribution < 1.29 is 0 Å². The van der Waals surface area contributed by atoms with Crippen LogP contribution in [0.25, 0.3) is 0 Å². The normalized spacial score (nSPS) is 25.1. The van der Waals surface area contributed by atoms with Crippen molar-refractivity contribution >= 4 is 0 Å². The van der Waals surface area contributed by atoms with Gasteiger partial charge in [0.05, 0.1) is 5.69 Å². The lowest BCUT2D eigenvalue weighted by atomic mass is 10.1. The van der Waals surface area contributed by atoms with Crippen LogP contribution in [-0.2, 0) is 19.4 Å². The molecule has 0 aliphatic carbocycles. The molecule has 2 aliphatic rings. The minimum atomic E-state index is 0.321. The third-order valence-corrected chi connectivity index (χ3v) is 4.21. The predicted octanol–water partition coefficient (Wildman–Crippen LogP) is 1.18. The number of imidazole rings is 1. The van der Waals surface area contributed by atoms with Gasteiger partial charge in [-0.1, -0.05) is 6.42 Å². The smallest absolute Gasteiger partial charge is 0.109 e. The number of fused-ring (bicyclic) bond motifs is 1. The molecule has 18 heavy (non-hydrogen) atoms. The van der Waals surface area contributed by atoms with Gasteiger partial charge in [0.2, 0.25) is 0 Å². The van der Waals surface area contributed by atoms with Gasteiger partial charge in [-0.15, -0.1) is 0 Å². The molecule has 1 fully saturated rings. The average Bonchev–Trinajstić information content (AvgIpc) is 2.79. The summed E-state index contributed by atoms with van der Waals surface area (Å²) in [6.45, 7) is 4.67. The number of nitrogens with two attached hydrogens (primary N) is 1. The van der Waals surface area contributed by atoms with Gasteiger partial charge in [-0.05, 0) is 32.4 Å². The molecule has 2 N–H and O–H groups in total. The number of piperidine rings is 1. The zero-order chi connectivity index (χ0) is 12.4. The Kier molecular flexibility index (Phi) is 3.66. The van der Waals surface area contributed by atoms with E-state index in [-0.39, 0.29) is 0 Å². The van der Waals surface area contributed by atoms with Crippen LogP contribution in [0.1, 0.15) is 37.2 Å². The van der Waals surface area contributed by atoms with Gasteiger partial charge < -0.3 is 15.2 Å². The van der Waals surface area contributed by atoms with E-state index in [9.17, 15) is 0 Å². The molecule has 4 nitrogen and oxygen atoms in total. The van der Waals surface area contributed by atoms with Crippen LogP contribution in [-0.4, -0.2) is 40.1 Å². The SMILES string of the molecule is NC1CCc2nc(CCN3CCCCC3)cn2C1. The first kappa shape index (κ1) is 12.2. The molecule has 4 heteroatoms. The Labute approximate surface area is 109 Å². The van der Waals surface area contributed by atoms with Crippen molar-refractivity contribution in [3.63, 3.8) is 0 Å².